The van der Waals surface area contributed by atoms with Gasteiger partial charge in [0.15, 0.2) is 0 Å². The molecule has 6 heteroatoms. The van der Waals surface area contributed by atoms with Crippen molar-refractivity contribution < 1.29 is 19.1 Å². The summed E-state index contributed by atoms with van der Waals surface area (Å²) in [4.78, 5) is 26.9. The molecule has 1 aromatic heterocycles. The van der Waals surface area contributed by atoms with Crippen LogP contribution >= 0.6 is 0 Å². The second-order valence-electron chi connectivity index (χ2n) is 7.08. The van der Waals surface area contributed by atoms with Gasteiger partial charge in [0.1, 0.15) is 17.6 Å². The van der Waals surface area contributed by atoms with Crippen molar-refractivity contribution in [2.24, 2.45) is 11.8 Å². The molecule has 25 heavy (non-hydrogen) atoms. The number of carbonyl (C=O) groups excluding carboxylic acids is 2. The summed E-state index contributed by atoms with van der Waals surface area (Å²) in [5.41, 5.74) is 0.839. The number of nitrogens with one attached hydrogen (secondary N) is 1. The summed E-state index contributed by atoms with van der Waals surface area (Å²) in [6, 6.07) is 4.94. The number of furan rings is 1. The van der Waals surface area contributed by atoms with Gasteiger partial charge in [-0.1, -0.05) is 6.07 Å². The number of benzene rings is 1. The Morgan fingerprint density at radius 3 is 2.92 bits per heavy atom. The number of likely N-dealkylation sites (tertiary alicyclic amines) is 1. The topological polar surface area (TPSA) is 82.8 Å². The molecular formula is C19H22N2O4. The highest BCUT2D eigenvalue weighted by Crippen LogP contribution is 2.31. The van der Waals surface area contributed by atoms with Gasteiger partial charge >= 0.3 is 0 Å². The van der Waals surface area contributed by atoms with Crippen LogP contribution in [0.15, 0.2) is 28.9 Å². The average molecular weight is 342 g/mol. The van der Waals surface area contributed by atoms with Gasteiger partial charge in [0, 0.05) is 19.6 Å². The molecule has 1 saturated heterocycles. The SMILES string of the molecule is O=C(NCC1CC1)C1CCCN(C(=O)c2coc3cccc(O)c23)C1. The lowest BCUT2D eigenvalue weighted by Crippen LogP contribution is -2.45. The Morgan fingerprint density at radius 1 is 1.28 bits per heavy atom. The number of nitrogens with zero attached hydrogens (tertiary/aromatic N) is 1. The van der Waals surface area contributed by atoms with E-state index in [-0.39, 0.29) is 23.5 Å². The lowest BCUT2D eigenvalue weighted by Gasteiger charge is -2.32. The molecule has 0 radical (unpaired) electrons. The lowest BCUT2D eigenvalue weighted by atomic mass is 9.96. The van der Waals surface area contributed by atoms with Gasteiger partial charge < -0.3 is 19.7 Å². The Kier molecular flexibility index (Phi) is 4.11. The van der Waals surface area contributed by atoms with Gasteiger partial charge in [0.05, 0.1) is 16.9 Å². The van der Waals surface area contributed by atoms with Gasteiger partial charge in [0.25, 0.3) is 5.91 Å². The number of carbonyl (C=O) groups is 2. The molecular weight excluding hydrogens is 320 g/mol. The van der Waals surface area contributed by atoms with Crippen LogP contribution in [-0.2, 0) is 4.79 Å². The average Bonchev–Trinajstić information content (AvgIpc) is 3.36. The fourth-order valence-electron chi connectivity index (χ4n) is 3.48. The molecule has 6 nitrogen and oxygen atoms in total. The molecule has 2 aliphatic rings. The zero-order valence-corrected chi connectivity index (χ0v) is 14.0. The van der Waals surface area contributed by atoms with E-state index in [1.54, 1.807) is 23.1 Å². The van der Waals surface area contributed by atoms with Gasteiger partial charge in [-0.3, -0.25) is 9.59 Å². The first-order valence-corrected chi connectivity index (χ1v) is 8.89. The van der Waals surface area contributed by atoms with Crippen molar-refractivity contribution >= 4 is 22.8 Å². The van der Waals surface area contributed by atoms with Gasteiger partial charge in [0.2, 0.25) is 5.91 Å². The highest BCUT2D eigenvalue weighted by Gasteiger charge is 2.31. The molecule has 1 aromatic carbocycles. The minimum Gasteiger partial charge on any atom is -0.507 e. The summed E-state index contributed by atoms with van der Waals surface area (Å²) in [5.74, 6) is 0.364. The van der Waals surface area contributed by atoms with Crippen LogP contribution in [0.25, 0.3) is 11.0 Å². The molecule has 0 spiro atoms. The molecule has 2 N–H and O–H groups in total. The molecule has 1 unspecified atom stereocenters. The molecule has 1 atom stereocenters. The molecule has 2 aromatic rings. The maximum absolute atomic E-state index is 12.9. The highest BCUT2D eigenvalue weighted by molar-refractivity contribution is 6.08. The number of piperidine rings is 1. The van der Waals surface area contributed by atoms with Crippen LogP contribution in [0.4, 0.5) is 0 Å². The molecule has 2 heterocycles. The van der Waals surface area contributed by atoms with Crippen LogP contribution in [0.1, 0.15) is 36.0 Å². The second kappa shape index (κ2) is 6.43. The van der Waals surface area contributed by atoms with Gasteiger partial charge in [-0.15, -0.1) is 0 Å². The number of aromatic hydroxyl groups is 1. The van der Waals surface area contributed by atoms with E-state index >= 15 is 0 Å². The third-order valence-corrected chi connectivity index (χ3v) is 5.15. The van der Waals surface area contributed by atoms with E-state index < -0.39 is 0 Å². The minimum absolute atomic E-state index is 0.0327. The van der Waals surface area contributed by atoms with E-state index in [0.29, 0.717) is 35.5 Å². The summed E-state index contributed by atoms with van der Waals surface area (Å²) in [6.07, 6.45) is 5.40. The normalized spacial score (nSPS) is 20.6. The van der Waals surface area contributed by atoms with Crippen LogP contribution in [0, 0.1) is 11.8 Å². The fraction of sp³-hybridized carbons (Fsp3) is 0.474. The number of fused-ring (bicyclic) bond motifs is 1. The number of hydrogen-bond donors (Lipinski definition) is 2. The summed E-state index contributed by atoms with van der Waals surface area (Å²) >= 11 is 0. The molecule has 1 aliphatic carbocycles. The van der Waals surface area contributed by atoms with E-state index in [9.17, 15) is 14.7 Å². The van der Waals surface area contributed by atoms with Crippen molar-refractivity contribution in [3.63, 3.8) is 0 Å². The first kappa shape index (κ1) is 16.0. The molecule has 1 aliphatic heterocycles. The quantitative estimate of drug-likeness (QED) is 0.894. The van der Waals surface area contributed by atoms with Gasteiger partial charge in [-0.2, -0.15) is 0 Å². The molecule has 132 valence electrons. The molecule has 2 fully saturated rings. The Balaban J connectivity index is 1.48. The maximum Gasteiger partial charge on any atom is 0.257 e. The molecule has 1 saturated carbocycles. The highest BCUT2D eigenvalue weighted by atomic mass is 16.3. The molecule has 4 rings (SSSR count). The minimum atomic E-state index is -0.194. The summed E-state index contributed by atoms with van der Waals surface area (Å²) in [6.45, 7) is 1.78. The Labute approximate surface area is 145 Å². The second-order valence-corrected chi connectivity index (χ2v) is 7.08. The Morgan fingerprint density at radius 2 is 2.12 bits per heavy atom. The van der Waals surface area contributed by atoms with E-state index in [2.05, 4.69) is 5.32 Å². The summed E-state index contributed by atoms with van der Waals surface area (Å²) in [7, 11) is 0. The van der Waals surface area contributed by atoms with E-state index in [1.807, 2.05) is 0 Å². The van der Waals surface area contributed by atoms with Gasteiger partial charge in [-0.25, -0.2) is 0 Å². The van der Waals surface area contributed by atoms with E-state index in [1.165, 1.54) is 19.1 Å². The fourth-order valence-corrected chi connectivity index (χ4v) is 3.48. The van der Waals surface area contributed by atoms with Crippen molar-refractivity contribution in [2.75, 3.05) is 19.6 Å². The smallest absolute Gasteiger partial charge is 0.257 e. The number of hydrogen-bond acceptors (Lipinski definition) is 4. The predicted molar refractivity (Wildman–Crippen MR) is 92.2 cm³/mol. The van der Waals surface area contributed by atoms with Crippen molar-refractivity contribution in [3.8, 4) is 5.75 Å². The number of rotatable bonds is 4. The molecule has 0 bridgehead atoms. The zero-order chi connectivity index (χ0) is 17.4. The predicted octanol–water partition coefficient (Wildman–Crippen LogP) is 2.52. The molecule has 2 amide bonds. The van der Waals surface area contributed by atoms with Crippen molar-refractivity contribution in [1.29, 1.82) is 0 Å². The van der Waals surface area contributed by atoms with Crippen molar-refractivity contribution in [3.05, 3.63) is 30.0 Å². The number of phenolic OH excluding ortho intramolecular Hbond substituents is 1. The third kappa shape index (κ3) is 3.21. The van der Waals surface area contributed by atoms with Crippen molar-refractivity contribution in [2.45, 2.75) is 25.7 Å². The van der Waals surface area contributed by atoms with E-state index in [0.717, 1.165) is 19.4 Å². The van der Waals surface area contributed by atoms with Crippen LogP contribution in [-0.4, -0.2) is 41.5 Å². The van der Waals surface area contributed by atoms with Gasteiger partial charge in [-0.05, 0) is 43.7 Å². The Hall–Kier alpha value is -2.50. The number of phenols is 1. The summed E-state index contributed by atoms with van der Waals surface area (Å²) in [5, 5.41) is 13.5. The first-order chi connectivity index (χ1) is 12.1. The number of amides is 2. The summed E-state index contributed by atoms with van der Waals surface area (Å²) < 4.78 is 5.40. The van der Waals surface area contributed by atoms with Crippen LogP contribution in [0.2, 0.25) is 0 Å². The standard InChI is InChI=1S/C19H22N2O4/c22-15-4-1-5-16-17(15)14(11-25-16)19(24)21-8-2-3-13(10-21)18(23)20-9-12-6-7-12/h1,4-5,11-13,22H,2-3,6-10H2,(H,20,23). The lowest BCUT2D eigenvalue weighted by molar-refractivity contribution is -0.126. The monoisotopic (exact) mass is 342 g/mol. The maximum atomic E-state index is 12.9. The zero-order valence-electron chi connectivity index (χ0n) is 14.0. The Bertz CT molecular complexity index is 809. The first-order valence-electron chi connectivity index (χ1n) is 8.89. The van der Waals surface area contributed by atoms with Crippen molar-refractivity contribution in [1.82, 2.24) is 10.2 Å². The van der Waals surface area contributed by atoms with Crippen LogP contribution in [0.3, 0.4) is 0 Å². The largest absolute Gasteiger partial charge is 0.507 e. The van der Waals surface area contributed by atoms with Crippen LogP contribution in [0.5, 0.6) is 5.75 Å². The van der Waals surface area contributed by atoms with E-state index in [4.69, 9.17) is 4.42 Å². The third-order valence-electron chi connectivity index (χ3n) is 5.15. The van der Waals surface area contributed by atoms with Crippen LogP contribution < -0.4 is 5.32 Å².